The van der Waals surface area contributed by atoms with Gasteiger partial charge < -0.3 is 19.9 Å². The molecule has 0 radical (unpaired) electrons. The number of ether oxygens (including phenoxy) is 1. The Kier molecular flexibility index (Phi) is 5.97. The molecule has 1 saturated carbocycles. The third-order valence-corrected chi connectivity index (χ3v) is 7.09. The van der Waals surface area contributed by atoms with Gasteiger partial charge in [-0.1, -0.05) is 6.07 Å². The number of piperidine rings is 1. The number of benzene rings is 1. The lowest BCUT2D eigenvalue weighted by Gasteiger charge is -2.32. The van der Waals surface area contributed by atoms with Crippen LogP contribution in [0.5, 0.6) is 5.88 Å². The average Bonchev–Trinajstić information content (AvgIpc) is 3.57. The number of fused-ring (bicyclic) bond motifs is 1. The maximum atomic E-state index is 5.38. The number of aromatic amines is 1. The first-order valence-electron chi connectivity index (χ1n) is 11.8. The van der Waals surface area contributed by atoms with Gasteiger partial charge in [0, 0.05) is 47.5 Å². The van der Waals surface area contributed by atoms with Crippen molar-refractivity contribution < 1.29 is 4.74 Å². The summed E-state index contributed by atoms with van der Waals surface area (Å²) in [6, 6.07) is 11.3. The molecule has 1 saturated heterocycles. The quantitative estimate of drug-likeness (QED) is 0.562. The first kappa shape index (κ1) is 20.5. The fourth-order valence-corrected chi connectivity index (χ4v) is 5.02. The molecule has 0 bridgehead atoms. The first-order chi connectivity index (χ1) is 15.2. The number of likely N-dealkylation sites (N-methyl/N-ethyl adjacent to an activating group) is 1. The molecule has 0 amide bonds. The second-order valence-electron chi connectivity index (χ2n) is 9.24. The van der Waals surface area contributed by atoms with Gasteiger partial charge in [-0.15, -0.1) is 0 Å². The number of nitrogens with zero attached hydrogens (tertiary/aromatic N) is 2. The van der Waals surface area contributed by atoms with Crippen LogP contribution in [0.25, 0.3) is 22.2 Å². The number of rotatable bonds is 8. The Labute approximate surface area is 185 Å². The normalized spacial score (nSPS) is 18.0. The Hall–Kier alpha value is -2.37. The van der Waals surface area contributed by atoms with Gasteiger partial charge in [0.15, 0.2) is 0 Å². The summed E-state index contributed by atoms with van der Waals surface area (Å²) in [5.74, 6) is 2.17. The second-order valence-corrected chi connectivity index (χ2v) is 9.24. The van der Waals surface area contributed by atoms with Crippen LogP contribution < -0.4 is 10.1 Å². The molecule has 2 fully saturated rings. The van der Waals surface area contributed by atoms with E-state index in [4.69, 9.17) is 4.74 Å². The van der Waals surface area contributed by atoms with Crippen LogP contribution in [0.4, 0.5) is 0 Å². The topological polar surface area (TPSA) is 53.2 Å². The zero-order chi connectivity index (χ0) is 21.2. The number of hydrogen-bond donors (Lipinski definition) is 2. The second kappa shape index (κ2) is 9.01. The van der Waals surface area contributed by atoms with Crippen LogP contribution >= 0.6 is 0 Å². The lowest BCUT2D eigenvalue weighted by Crippen LogP contribution is -2.37. The van der Waals surface area contributed by atoms with Crippen LogP contribution in [0.3, 0.4) is 0 Å². The molecule has 31 heavy (non-hydrogen) atoms. The van der Waals surface area contributed by atoms with Crippen molar-refractivity contribution in [3.8, 4) is 17.1 Å². The SMILES string of the molecule is CNCCN1CCC(c2ccc3[nH]c(-c4ccnc(OC)c4)c(CC4CC4)c3c2)CC1. The number of nitrogens with one attached hydrogen (secondary N) is 2. The van der Waals surface area contributed by atoms with Crippen molar-refractivity contribution in [2.45, 2.75) is 38.0 Å². The molecule has 5 heteroatoms. The molecule has 1 aromatic carbocycles. The molecule has 2 aromatic heterocycles. The molecule has 5 nitrogen and oxygen atoms in total. The minimum atomic E-state index is 0.666. The number of pyridine rings is 1. The van der Waals surface area contributed by atoms with Gasteiger partial charge in [0.05, 0.1) is 7.11 Å². The van der Waals surface area contributed by atoms with E-state index in [0.717, 1.165) is 31.0 Å². The van der Waals surface area contributed by atoms with Gasteiger partial charge >= 0.3 is 0 Å². The third kappa shape index (κ3) is 4.48. The summed E-state index contributed by atoms with van der Waals surface area (Å²) in [5, 5.41) is 4.68. The highest BCUT2D eigenvalue weighted by atomic mass is 16.5. The highest BCUT2D eigenvalue weighted by Crippen LogP contribution is 2.40. The monoisotopic (exact) mass is 418 g/mol. The summed E-state index contributed by atoms with van der Waals surface area (Å²) in [7, 11) is 3.72. The minimum Gasteiger partial charge on any atom is -0.481 e. The molecule has 1 aliphatic carbocycles. The molecule has 0 spiro atoms. The Morgan fingerprint density at radius 2 is 1.97 bits per heavy atom. The van der Waals surface area contributed by atoms with Crippen molar-refractivity contribution in [1.82, 2.24) is 20.2 Å². The Morgan fingerprint density at radius 1 is 1.13 bits per heavy atom. The molecule has 0 unspecified atom stereocenters. The van der Waals surface area contributed by atoms with Crippen LogP contribution in [-0.2, 0) is 6.42 Å². The van der Waals surface area contributed by atoms with Crippen LogP contribution in [-0.4, -0.2) is 55.2 Å². The molecule has 2 aliphatic rings. The van der Waals surface area contributed by atoms with Crippen LogP contribution in [0, 0.1) is 5.92 Å². The summed E-state index contributed by atoms with van der Waals surface area (Å²) < 4.78 is 5.38. The first-order valence-corrected chi connectivity index (χ1v) is 11.8. The fraction of sp³-hybridized carbons (Fsp3) is 0.500. The zero-order valence-electron chi connectivity index (χ0n) is 18.8. The van der Waals surface area contributed by atoms with Crippen molar-refractivity contribution in [1.29, 1.82) is 0 Å². The van der Waals surface area contributed by atoms with Crippen LogP contribution in [0.15, 0.2) is 36.5 Å². The van der Waals surface area contributed by atoms with E-state index in [1.165, 1.54) is 66.5 Å². The van der Waals surface area contributed by atoms with E-state index < -0.39 is 0 Å². The van der Waals surface area contributed by atoms with Crippen molar-refractivity contribution >= 4 is 10.9 Å². The smallest absolute Gasteiger partial charge is 0.213 e. The van der Waals surface area contributed by atoms with Gasteiger partial charge in [-0.25, -0.2) is 4.98 Å². The minimum absolute atomic E-state index is 0.666. The van der Waals surface area contributed by atoms with E-state index in [1.54, 1.807) is 7.11 Å². The van der Waals surface area contributed by atoms with Crippen molar-refractivity contribution in [2.75, 3.05) is 40.3 Å². The van der Waals surface area contributed by atoms with E-state index in [2.05, 4.69) is 44.5 Å². The maximum absolute atomic E-state index is 5.38. The Balaban J connectivity index is 1.45. The summed E-state index contributed by atoms with van der Waals surface area (Å²) in [5.41, 5.74) is 6.63. The van der Waals surface area contributed by atoms with E-state index in [1.807, 2.05) is 19.3 Å². The van der Waals surface area contributed by atoms with E-state index in [9.17, 15) is 0 Å². The van der Waals surface area contributed by atoms with E-state index >= 15 is 0 Å². The Morgan fingerprint density at radius 3 is 2.71 bits per heavy atom. The molecule has 3 heterocycles. The van der Waals surface area contributed by atoms with Gasteiger partial charge in [0.25, 0.3) is 0 Å². The molecule has 164 valence electrons. The van der Waals surface area contributed by atoms with Crippen LogP contribution in [0.2, 0.25) is 0 Å². The van der Waals surface area contributed by atoms with Gasteiger partial charge in [0.1, 0.15) is 0 Å². The predicted octanol–water partition coefficient (Wildman–Crippen LogP) is 4.59. The lowest BCUT2D eigenvalue weighted by molar-refractivity contribution is 0.214. The van der Waals surface area contributed by atoms with Gasteiger partial charge in [-0.05, 0) is 93.4 Å². The summed E-state index contributed by atoms with van der Waals surface area (Å²) >= 11 is 0. The molecular formula is C26H34N4O. The summed E-state index contributed by atoms with van der Waals surface area (Å²) in [4.78, 5) is 10.6. The van der Waals surface area contributed by atoms with Crippen molar-refractivity contribution in [3.05, 3.63) is 47.7 Å². The number of hydrogen-bond acceptors (Lipinski definition) is 4. The summed E-state index contributed by atoms with van der Waals surface area (Å²) in [6.07, 6.45) is 8.23. The van der Waals surface area contributed by atoms with Gasteiger partial charge in [0.2, 0.25) is 5.88 Å². The Bertz CT molecular complexity index is 1030. The fourth-order valence-electron chi connectivity index (χ4n) is 5.02. The van der Waals surface area contributed by atoms with E-state index in [-0.39, 0.29) is 0 Å². The molecule has 2 N–H and O–H groups in total. The van der Waals surface area contributed by atoms with Crippen molar-refractivity contribution in [2.24, 2.45) is 5.92 Å². The lowest BCUT2D eigenvalue weighted by atomic mass is 9.88. The van der Waals surface area contributed by atoms with Crippen LogP contribution in [0.1, 0.15) is 42.7 Å². The largest absolute Gasteiger partial charge is 0.481 e. The van der Waals surface area contributed by atoms with Gasteiger partial charge in [-0.2, -0.15) is 0 Å². The summed E-state index contributed by atoms with van der Waals surface area (Å²) in [6.45, 7) is 4.64. The average molecular weight is 419 g/mol. The molecule has 3 aromatic rings. The molecule has 5 rings (SSSR count). The number of aromatic nitrogens is 2. The standard InChI is InChI=1S/C26H34N4O/c1-27-11-14-30-12-8-19(9-13-30)20-5-6-24-22(16-20)23(15-18-3-4-18)26(29-24)21-7-10-28-25(17-21)31-2/h5-7,10,16-19,27,29H,3-4,8-9,11-15H2,1-2H3. The van der Waals surface area contributed by atoms with E-state index in [0.29, 0.717) is 11.8 Å². The molecular weight excluding hydrogens is 384 g/mol. The predicted molar refractivity (Wildman–Crippen MR) is 127 cm³/mol. The highest BCUT2D eigenvalue weighted by molar-refractivity contribution is 5.91. The third-order valence-electron chi connectivity index (χ3n) is 7.09. The number of methoxy groups -OCH3 is 1. The number of likely N-dealkylation sites (tertiary alicyclic amines) is 1. The van der Waals surface area contributed by atoms with Crippen molar-refractivity contribution in [3.63, 3.8) is 0 Å². The number of H-pyrrole nitrogens is 1. The zero-order valence-corrected chi connectivity index (χ0v) is 18.8. The molecule has 0 atom stereocenters. The maximum Gasteiger partial charge on any atom is 0.213 e. The van der Waals surface area contributed by atoms with Gasteiger partial charge in [-0.3, -0.25) is 0 Å². The molecule has 1 aliphatic heterocycles. The highest BCUT2D eigenvalue weighted by Gasteiger charge is 2.26.